The fourth-order valence-electron chi connectivity index (χ4n) is 4.45. The Hall–Kier alpha value is -1.36. The Morgan fingerprint density at radius 3 is 1.74 bits per heavy atom. The number of ether oxygens (including phenoxy) is 2. The zero-order valence-electron chi connectivity index (χ0n) is 15.9. The second kappa shape index (κ2) is 6.27. The molecule has 1 rings (SSSR count). The first kappa shape index (κ1) is 19.7. The molecule has 0 aliphatic carbocycles. The van der Waals surface area contributed by atoms with Gasteiger partial charge in [0.1, 0.15) is 0 Å². The lowest BCUT2D eigenvalue weighted by Gasteiger charge is -2.54. The highest BCUT2D eigenvalue weighted by atomic mass is 28.3. The van der Waals surface area contributed by atoms with Crippen molar-refractivity contribution in [3.05, 3.63) is 22.4 Å². The van der Waals surface area contributed by atoms with Crippen molar-refractivity contribution in [1.29, 1.82) is 0 Å². The van der Waals surface area contributed by atoms with E-state index in [2.05, 4.69) is 41.5 Å². The first-order valence-electron chi connectivity index (χ1n) is 7.93. The fourth-order valence-corrected chi connectivity index (χ4v) is 11.7. The topological polar surface area (TPSA) is 52.6 Å². The normalized spacial score (nSPS) is 18.4. The molecule has 0 saturated heterocycles. The van der Waals surface area contributed by atoms with Gasteiger partial charge in [0.2, 0.25) is 0 Å². The van der Waals surface area contributed by atoms with Crippen LogP contribution in [0.4, 0.5) is 0 Å². The molecule has 23 heavy (non-hydrogen) atoms. The predicted molar refractivity (Wildman–Crippen MR) is 94.8 cm³/mol. The van der Waals surface area contributed by atoms with E-state index >= 15 is 0 Å². The van der Waals surface area contributed by atoms with E-state index in [0.29, 0.717) is 11.1 Å². The summed E-state index contributed by atoms with van der Waals surface area (Å²) in [6, 6.07) is 0.816. The van der Waals surface area contributed by atoms with Crippen LogP contribution < -0.4 is 0 Å². The summed E-state index contributed by atoms with van der Waals surface area (Å²) in [5.41, 5.74) is 0.746. The molecule has 4 nitrogen and oxygen atoms in total. The number of allylic oxidation sites excluding steroid dienone is 2. The molecule has 0 bridgehead atoms. The summed E-state index contributed by atoms with van der Waals surface area (Å²) >= 11 is 0. The maximum absolute atomic E-state index is 12.4. The third-order valence-electron chi connectivity index (χ3n) is 5.25. The first-order valence-corrected chi connectivity index (χ1v) is 10.1. The first-order chi connectivity index (χ1) is 10.3. The van der Waals surface area contributed by atoms with E-state index in [-0.39, 0.29) is 10.1 Å². The van der Waals surface area contributed by atoms with E-state index in [4.69, 9.17) is 9.47 Å². The van der Waals surface area contributed by atoms with E-state index in [1.807, 2.05) is 13.0 Å². The average molecular weight is 339 g/mol. The predicted octanol–water partition coefficient (Wildman–Crippen LogP) is 4.18. The largest absolute Gasteiger partial charge is 0.465 e. The van der Waals surface area contributed by atoms with Crippen molar-refractivity contribution in [2.75, 3.05) is 14.2 Å². The summed E-state index contributed by atoms with van der Waals surface area (Å²) in [6.45, 7) is 15.4. The van der Waals surface area contributed by atoms with Gasteiger partial charge in [-0.1, -0.05) is 52.8 Å². The molecule has 130 valence electrons. The number of methoxy groups -OCH3 is 2. The van der Waals surface area contributed by atoms with Crippen LogP contribution in [0.5, 0.6) is 0 Å². The SMILES string of the molecule is COC(=O)C1=CC[Si](C(C)(C)C)(C(C)(C)C)C(C)=C1C(=O)OC. The minimum absolute atomic E-state index is 0.0345. The molecule has 0 aromatic rings. The maximum atomic E-state index is 12.4. The molecule has 0 aromatic carbocycles. The smallest absolute Gasteiger partial charge is 0.338 e. The zero-order valence-corrected chi connectivity index (χ0v) is 16.9. The molecule has 5 heteroatoms. The lowest BCUT2D eigenvalue weighted by atomic mass is 10.1. The quantitative estimate of drug-likeness (QED) is 0.560. The Morgan fingerprint density at radius 2 is 1.39 bits per heavy atom. The summed E-state index contributed by atoms with van der Waals surface area (Å²) < 4.78 is 9.85. The fraction of sp³-hybridized carbons (Fsp3) is 0.667. The molecule has 0 aromatic heterocycles. The highest BCUT2D eigenvalue weighted by Gasteiger charge is 2.56. The Bertz CT molecular complexity index is 557. The standard InChI is InChI=1S/C18H30O4Si/c1-12-14(16(20)22-9)13(15(19)21-8)10-11-23(12,17(2,3)4)18(5,6)7/h10H,11H2,1-9H3. The van der Waals surface area contributed by atoms with Gasteiger partial charge in [-0.3, -0.25) is 0 Å². The van der Waals surface area contributed by atoms with Crippen molar-refractivity contribution in [3.8, 4) is 0 Å². The van der Waals surface area contributed by atoms with Gasteiger partial charge in [0, 0.05) is 0 Å². The van der Waals surface area contributed by atoms with Gasteiger partial charge >= 0.3 is 11.9 Å². The van der Waals surface area contributed by atoms with Crippen LogP contribution in [-0.2, 0) is 19.1 Å². The monoisotopic (exact) mass is 338 g/mol. The Kier molecular flexibility index (Phi) is 5.36. The van der Waals surface area contributed by atoms with Crippen molar-refractivity contribution in [3.63, 3.8) is 0 Å². The Morgan fingerprint density at radius 1 is 0.957 bits per heavy atom. The van der Waals surface area contributed by atoms with E-state index in [9.17, 15) is 9.59 Å². The number of hydrogen-bond donors (Lipinski definition) is 0. The summed E-state index contributed by atoms with van der Waals surface area (Å²) in [5.74, 6) is -0.931. The van der Waals surface area contributed by atoms with Gasteiger partial charge in [-0.05, 0) is 23.0 Å². The second-order valence-corrected chi connectivity index (χ2v) is 14.2. The summed E-state index contributed by atoms with van der Waals surface area (Å²) in [5, 5.41) is 1.10. The van der Waals surface area contributed by atoms with Crippen LogP contribution in [0.25, 0.3) is 0 Å². The van der Waals surface area contributed by atoms with Gasteiger partial charge in [0.15, 0.2) is 0 Å². The van der Waals surface area contributed by atoms with Crippen LogP contribution >= 0.6 is 0 Å². The summed E-state index contributed by atoms with van der Waals surface area (Å²) in [7, 11) is 0.547. The molecule has 0 unspecified atom stereocenters. The number of carbonyl (C=O) groups excluding carboxylic acids is 2. The highest BCUT2D eigenvalue weighted by molar-refractivity contribution is 6.92. The Labute approximate surface area is 140 Å². The molecule has 0 spiro atoms. The van der Waals surface area contributed by atoms with Crippen molar-refractivity contribution in [2.24, 2.45) is 0 Å². The number of hydrogen-bond acceptors (Lipinski definition) is 4. The molecule has 0 atom stereocenters. The van der Waals surface area contributed by atoms with E-state index in [0.717, 1.165) is 11.2 Å². The molecular weight excluding hydrogens is 308 g/mol. The van der Waals surface area contributed by atoms with E-state index in [1.165, 1.54) is 14.2 Å². The summed E-state index contributed by atoms with van der Waals surface area (Å²) in [6.07, 6.45) is 1.90. The molecule has 1 aliphatic heterocycles. The molecule has 1 aliphatic rings. The van der Waals surface area contributed by atoms with Crippen LogP contribution in [0.1, 0.15) is 48.5 Å². The van der Waals surface area contributed by atoms with Crippen molar-refractivity contribution < 1.29 is 19.1 Å². The number of rotatable bonds is 2. The van der Waals surface area contributed by atoms with Crippen LogP contribution in [0, 0.1) is 0 Å². The van der Waals surface area contributed by atoms with Crippen LogP contribution in [0.2, 0.25) is 16.1 Å². The highest BCUT2D eigenvalue weighted by Crippen LogP contribution is 2.59. The molecule has 0 fully saturated rings. The van der Waals surface area contributed by atoms with Crippen molar-refractivity contribution >= 4 is 20.0 Å². The molecule has 0 radical (unpaired) electrons. The third-order valence-corrected chi connectivity index (χ3v) is 12.7. The van der Waals surface area contributed by atoms with Crippen molar-refractivity contribution in [1.82, 2.24) is 0 Å². The van der Waals surface area contributed by atoms with Crippen LogP contribution in [-0.4, -0.2) is 34.2 Å². The molecule has 0 saturated carbocycles. The Balaban J connectivity index is 3.76. The van der Waals surface area contributed by atoms with Crippen LogP contribution in [0.3, 0.4) is 0 Å². The van der Waals surface area contributed by atoms with E-state index < -0.39 is 20.0 Å². The van der Waals surface area contributed by atoms with Gasteiger partial charge in [-0.15, -0.1) is 0 Å². The molecular formula is C18H30O4Si. The summed E-state index contributed by atoms with van der Waals surface area (Å²) in [4.78, 5) is 24.6. The maximum Gasteiger partial charge on any atom is 0.338 e. The molecule has 0 N–H and O–H groups in total. The number of carbonyl (C=O) groups is 2. The lowest BCUT2D eigenvalue weighted by molar-refractivity contribution is -0.139. The van der Waals surface area contributed by atoms with Crippen LogP contribution in [0.15, 0.2) is 22.4 Å². The molecule has 0 amide bonds. The average Bonchev–Trinajstić information content (AvgIpc) is 2.42. The third kappa shape index (κ3) is 3.03. The van der Waals surface area contributed by atoms with Gasteiger partial charge in [-0.2, -0.15) is 0 Å². The van der Waals surface area contributed by atoms with Gasteiger partial charge in [0.05, 0.1) is 33.4 Å². The van der Waals surface area contributed by atoms with Gasteiger partial charge in [-0.25, -0.2) is 9.59 Å². The minimum Gasteiger partial charge on any atom is -0.465 e. The van der Waals surface area contributed by atoms with Crippen molar-refractivity contribution in [2.45, 2.75) is 64.6 Å². The van der Waals surface area contributed by atoms with Gasteiger partial charge < -0.3 is 9.47 Å². The number of esters is 2. The second-order valence-electron chi connectivity index (χ2n) is 8.21. The molecule has 1 heterocycles. The zero-order chi connectivity index (χ0) is 18.2. The minimum atomic E-state index is -2.14. The lowest BCUT2D eigenvalue weighted by Crippen LogP contribution is -2.55. The van der Waals surface area contributed by atoms with Gasteiger partial charge in [0.25, 0.3) is 0 Å². The van der Waals surface area contributed by atoms with E-state index in [1.54, 1.807) is 0 Å².